The number of hydrogen-bond donors (Lipinski definition) is 2. The first-order valence-electron chi connectivity index (χ1n) is 5.47. The average molecular weight is 224 g/mol. The summed E-state index contributed by atoms with van der Waals surface area (Å²) in [5.74, 6) is 0.937. The van der Waals surface area contributed by atoms with Gasteiger partial charge in [-0.15, -0.1) is 0 Å². The first-order valence-corrected chi connectivity index (χ1v) is 5.47. The SMILES string of the molecule is Cc1cc(NC(=O)C(N)CC(C)C)n(C)n1. The van der Waals surface area contributed by atoms with Gasteiger partial charge in [0.15, 0.2) is 0 Å². The number of nitrogens with two attached hydrogens (primary N) is 1. The van der Waals surface area contributed by atoms with Crippen molar-refractivity contribution in [3.8, 4) is 0 Å². The maximum atomic E-state index is 11.7. The number of aryl methyl sites for hydroxylation is 2. The molecule has 90 valence electrons. The number of nitrogens with one attached hydrogen (secondary N) is 1. The zero-order valence-corrected chi connectivity index (χ0v) is 10.3. The number of amides is 1. The Hall–Kier alpha value is -1.36. The number of carbonyl (C=O) groups excluding carboxylic acids is 1. The molecule has 1 heterocycles. The fourth-order valence-corrected chi connectivity index (χ4v) is 1.56. The van der Waals surface area contributed by atoms with E-state index >= 15 is 0 Å². The molecule has 0 radical (unpaired) electrons. The van der Waals surface area contributed by atoms with Crippen LogP contribution in [0.2, 0.25) is 0 Å². The third-order valence-electron chi connectivity index (χ3n) is 2.32. The van der Waals surface area contributed by atoms with Gasteiger partial charge in [-0.1, -0.05) is 13.8 Å². The van der Waals surface area contributed by atoms with Crippen molar-refractivity contribution in [3.05, 3.63) is 11.8 Å². The molecule has 0 aromatic carbocycles. The van der Waals surface area contributed by atoms with Crippen LogP contribution in [0, 0.1) is 12.8 Å². The molecule has 0 bridgehead atoms. The smallest absolute Gasteiger partial charge is 0.242 e. The highest BCUT2D eigenvalue weighted by molar-refractivity contribution is 5.93. The van der Waals surface area contributed by atoms with Gasteiger partial charge in [0.1, 0.15) is 5.82 Å². The predicted octanol–water partition coefficient (Wildman–Crippen LogP) is 1.04. The van der Waals surface area contributed by atoms with E-state index in [4.69, 9.17) is 5.73 Å². The molecule has 1 rings (SSSR count). The van der Waals surface area contributed by atoms with E-state index in [1.807, 2.05) is 26.8 Å². The van der Waals surface area contributed by atoms with Gasteiger partial charge in [0.25, 0.3) is 0 Å². The summed E-state index contributed by atoms with van der Waals surface area (Å²) >= 11 is 0. The number of nitrogens with zero attached hydrogens (tertiary/aromatic N) is 2. The maximum Gasteiger partial charge on any atom is 0.242 e. The van der Waals surface area contributed by atoms with Crippen LogP contribution in [-0.2, 0) is 11.8 Å². The fourth-order valence-electron chi connectivity index (χ4n) is 1.56. The Bertz CT molecular complexity index is 370. The summed E-state index contributed by atoms with van der Waals surface area (Å²) in [6, 6.07) is 1.36. The molecule has 1 atom stereocenters. The Kier molecular flexibility index (Phi) is 4.06. The highest BCUT2D eigenvalue weighted by atomic mass is 16.2. The lowest BCUT2D eigenvalue weighted by atomic mass is 10.0. The summed E-state index contributed by atoms with van der Waals surface area (Å²) < 4.78 is 1.63. The zero-order chi connectivity index (χ0) is 12.3. The molecule has 5 nitrogen and oxygen atoms in total. The molecule has 1 aromatic heterocycles. The third-order valence-corrected chi connectivity index (χ3v) is 2.32. The van der Waals surface area contributed by atoms with Crippen LogP contribution in [0.4, 0.5) is 5.82 Å². The van der Waals surface area contributed by atoms with Gasteiger partial charge in [0, 0.05) is 13.1 Å². The summed E-state index contributed by atoms with van der Waals surface area (Å²) in [7, 11) is 1.79. The molecule has 0 saturated heterocycles. The lowest BCUT2D eigenvalue weighted by Crippen LogP contribution is -2.37. The monoisotopic (exact) mass is 224 g/mol. The summed E-state index contributed by atoms with van der Waals surface area (Å²) in [4.78, 5) is 11.7. The van der Waals surface area contributed by atoms with Crippen molar-refractivity contribution < 1.29 is 4.79 Å². The van der Waals surface area contributed by atoms with E-state index < -0.39 is 6.04 Å². The lowest BCUT2D eigenvalue weighted by Gasteiger charge is -2.13. The van der Waals surface area contributed by atoms with Gasteiger partial charge in [-0.2, -0.15) is 5.10 Å². The Morgan fingerprint density at radius 3 is 2.69 bits per heavy atom. The quantitative estimate of drug-likeness (QED) is 0.802. The minimum Gasteiger partial charge on any atom is -0.320 e. The van der Waals surface area contributed by atoms with E-state index in [9.17, 15) is 4.79 Å². The van der Waals surface area contributed by atoms with Crippen molar-refractivity contribution in [2.45, 2.75) is 33.2 Å². The Balaban J connectivity index is 2.60. The first kappa shape index (κ1) is 12.7. The Morgan fingerprint density at radius 2 is 2.25 bits per heavy atom. The average Bonchev–Trinajstić information content (AvgIpc) is 2.43. The second kappa shape index (κ2) is 5.12. The predicted molar refractivity (Wildman–Crippen MR) is 64.0 cm³/mol. The van der Waals surface area contributed by atoms with Crippen LogP contribution < -0.4 is 11.1 Å². The summed E-state index contributed by atoms with van der Waals surface area (Å²) in [5, 5.41) is 6.92. The van der Waals surface area contributed by atoms with Crippen LogP contribution in [0.5, 0.6) is 0 Å². The fraction of sp³-hybridized carbons (Fsp3) is 0.636. The molecule has 3 N–H and O–H groups in total. The van der Waals surface area contributed by atoms with Crippen molar-refractivity contribution in [2.24, 2.45) is 18.7 Å². The Labute approximate surface area is 96.0 Å². The van der Waals surface area contributed by atoms with Crippen LogP contribution in [0.1, 0.15) is 26.0 Å². The van der Waals surface area contributed by atoms with E-state index in [2.05, 4.69) is 10.4 Å². The largest absolute Gasteiger partial charge is 0.320 e. The van der Waals surface area contributed by atoms with Gasteiger partial charge in [-0.25, -0.2) is 0 Å². The summed E-state index contributed by atoms with van der Waals surface area (Å²) in [6.07, 6.45) is 0.683. The second-order valence-electron chi connectivity index (χ2n) is 4.52. The van der Waals surface area contributed by atoms with E-state index in [0.717, 1.165) is 5.69 Å². The van der Waals surface area contributed by atoms with Crippen molar-refractivity contribution >= 4 is 11.7 Å². The molecule has 1 aromatic rings. The lowest BCUT2D eigenvalue weighted by molar-refractivity contribution is -0.117. The minimum absolute atomic E-state index is 0.156. The summed E-state index contributed by atoms with van der Waals surface area (Å²) in [5.41, 5.74) is 6.65. The van der Waals surface area contributed by atoms with Crippen molar-refractivity contribution in [2.75, 3.05) is 5.32 Å². The van der Waals surface area contributed by atoms with Crippen LogP contribution in [0.3, 0.4) is 0 Å². The molecular formula is C11H20N4O. The van der Waals surface area contributed by atoms with E-state index in [1.54, 1.807) is 11.7 Å². The van der Waals surface area contributed by atoms with Crippen molar-refractivity contribution in [1.29, 1.82) is 0 Å². The van der Waals surface area contributed by atoms with Crippen LogP contribution >= 0.6 is 0 Å². The molecule has 1 amide bonds. The van der Waals surface area contributed by atoms with Gasteiger partial charge in [-0.05, 0) is 19.3 Å². The molecule has 5 heteroatoms. The van der Waals surface area contributed by atoms with Crippen LogP contribution in [0.25, 0.3) is 0 Å². The molecule has 1 unspecified atom stereocenters. The molecule has 16 heavy (non-hydrogen) atoms. The van der Waals surface area contributed by atoms with E-state index in [-0.39, 0.29) is 5.91 Å². The normalized spacial score (nSPS) is 12.9. The molecule has 0 aliphatic rings. The van der Waals surface area contributed by atoms with Crippen LogP contribution in [-0.4, -0.2) is 21.7 Å². The zero-order valence-electron chi connectivity index (χ0n) is 10.3. The number of hydrogen-bond acceptors (Lipinski definition) is 3. The number of rotatable bonds is 4. The highest BCUT2D eigenvalue weighted by Gasteiger charge is 2.16. The van der Waals surface area contributed by atoms with E-state index in [0.29, 0.717) is 18.2 Å². The molecule has 0 fully saturated rings. The summed E-state index contributed by atoms with van der Waals surface area (Å²) in [6.45, 7) is 5.96. The van der Waals surface area contributed by atoms with Gasteiger partial charge in [-0.3, -0.25) is 9.48 Å². The van der Waals surface area contributed by atoms with Gasteiger partial charge in [0.2, 0.25) is 5.91 Å². The van der Waals surface area contributed by atoms with Crippen molar-refractivity contribution in [3.63, 3.8) is 0 Å². The number of carbonyl (C=O) groups is 1. The maximum absolute atomic E-state index is 11.7. The molecule has 0 spiro atoms. The Morgan fingerprint density at radius 1 is 1.62 bits per heavy atom. The van der Waals surface area contributed by atoms with Crippen molar-refractivity contribution in [1.82, 2.24) is 9.78 Å². The van der Waals surface area contributed by atoms with Crippen LogP contribution in [0.15, 0.2) is 6.07 Å². The highest BCUT2D eigenvalue weighted by Crippen LogP contribution is 2.10. The standard InChI is InChI=1S/C11H20N4O/c1-7(2)5-9(12)11(16)13-10-6-8(3)14-15(10)4/h6-7,9H,5,12H2,1-4H3,(H,13,16). The topological polar surface area (TPSA) is 72.9 Å². The number of aromatic nitrogens is 2. The minimum atomic E-state index is -0.463. The van der Waals surface area contributed by atoms with Gasteiger partial charge < -0.3 is 11.1 Å². The molecule has 0 aliphatic carbocycles. The number of anilines is 1. The van der Waals surface area contributed by atoms with E-state index in [1.165, 1.54) is 0 Å². The van der Waals surface area contributed by atoms with Gasteiger partial charge in [0.05, 0.1) is 11.7 Å². The first-order chi connectivity index (χ1) is 7.40. The molecular weight excluding hydrogens is 204 g/mol. The molecule has 0 saturated carbocycles. The second-order valence-corrected chi connectivity index (χ2v) is 4.52. The molecule has 0 aliphatic heterocycles. The third kappa shape index (κ3) is 3.34. The van der Waals surface area contributed by atoms with Gasteiger partial charge >= 0.3 is 0 Å².